The highest BCUT2D eigenvalue weighted by atomic mass is 19.4. The van der Waals surface area contributed by atoms with Crippen LogP contribution in [0.5, 0.6) is 0 Å². The summed E-state index contributed by atoms with van der Waals surface area (Å²) in [6.45, 7) is 3.42. The summed E-state index contributed by atoms with van der Waals surface area (Å²) in [5.74, 6) is -0.571. The van der Waals surface area contributed by atoms with E-state index in [9.17, 15) is 22.8 Å². The quantitative estimate of drug-likeness (QED) is 0.634. The van der Waals surface area contributed by atoms with Gasteiger partial charge in [0.05, 0.1) is 11.3 Å². The van der Waals surface area contributed by atoms with Crippen LogP contribution >= 0.6 is 0 Å². The summed E-state index contributed by atoms with van der Waals surface area (Å²) in [5, 5.41) is 4.16. The van der Waals surface area contributed by atoms with Gasteiger partial charge in [-0.05, 0) is 50.1 Å². The maximum Gasteiger partial charge on any atom is 0.416 e. The number of hydrogen-bond donors (Lipinski definition) is 0. The van der Waals surface area contributed by atoms with Crippen LogP contribution in [0.15, 0.2) is 59.4 Å². The van der Waals surface area contributed by atoms with E-state index in [0.29, 0.717) is 17.8 Å². The number of benzene rings is 2. The fourth-order valence-corrected chi connectivity index (χ4v) is 3.76. The van der Waals surface area contributed by atoms with Gasteiger partial charge in [-0.3, -0.25) is 9.59 Å². The fourth-order valence-electron chi connectivity index (χ4n) is 3.76. The van der Waals surface area contributed by atoms with E-state index in [2.05, 4.69) is 5.10 Å². The number of anilines is 1. The third kappa shape index (κ3) is 3.38. The van der Waals surface area contributed by atoms with Gasteiger partial charge in [0.2, 0.25) is 5.43 Å². The zero-order chi connectivity index (χ0) is 21.6. The molecule has 3 aromatic rings. The van der Waals surface area contributed by atoms with E-state index < -0.39 is 23.1 Å². The van der Waals surface area contributed by atoms with E-state index in [0.717, 1.165) is 17.7 Å². The number of aromatic nitrogens is 2. The Morgan fingerprint density at radius 2 is 1.83 bits per heavy atom. The lowest BCUT2D eigenvalue weighted by atomic mass is 10.1. The normalized spacial score (nSPS) is 15.9. The highest BCUT2D eigenvalue weighted by Crippen LogP contribution is 2.33. The first-order valence-corrected chi connectivity index (χ1v) is 9.37. The van der Waals surface area contributed by atoms with Crippen molar-refractivity contribution < 1.29 is 18.0 Å². The Hall–Kier alpha value is -3.42. The summed E-state index contributed by atoms with van der Waals surface area (Å²) in [4.78, 5) is 27.3. The molecule has 0 N–H and O–H groups in total. The molecule has 0 spiro atoms. The molecule has 0 fully saturated rings. The summed E-state index contributed by atoms with van der Waals surface area (Å²) in [7, 11) is 0. The van der Waals surface area contributed by atoms with Crippen LogP contribution in [0.25, 0.3) is 5.69 Å². The smallest absolute Gasteiger partial charge is 0.303 e. The molecule has 1 aromatic heterocycles. The average Bonchev–Trinajstić information content (AvgIpc) is 3.02. The van der Waals surface area contributed by atoms with Crippen molar-refractivity contribution in [2.45, 2.75) is 32.5 Å². The molecule has 2 aromatic carbocycles. The summed E-state index contributed by atoms with van der Waals surface area (Å²) >= 11 is 0. The van der Waals surface area contributed by atoms with Crippen LogP contribution in [-0.4, -0.2) is 21.7 Å². The molecule has 5 nitrogen and oxygen atoms in total. The molecule has 30 heavy (non-hydrogen) atoms. The van der Waals surface area contributed by atoms with Crippen molar-refractivity contribution in [2.24, 2.45) is 0 Å². The largest absolute Gasteiger partial charge is 0.416 e. The summed E-state index contributed by atoms with van der Waals surface area (Å²) in [6, 6.07) is 13.1. The summed E-state index contributed by atoms with van der Waals surface area (Å²) < 4.78 is 40.5. The van der Waals surface area contributed by atoms with Gasteiger partial charge in [-0.15, -0.1) is 0 Å². The van der Waals surface area contributed by atoms with Crippen molar-refractivity contribution in [3.8, 4) is 5.69 Å². The zero-order valence-electron chi connectivity index (χ0n) is 16.3. The second kappa shape index (κ2) is 7.12. The zero-order valence-corrected chi connectivity index (χ0v) is 16.3. The summed E-state index contributed by atoms with van der Waals surface area (Å²) in [5.41, 5.74) is 0.400. The lowest BCUT2D eigenvalue weighted by molar-refractivity contribution is -0.137. The number of para-hydroxylation sites is 1. The van der Waals surface area contributed by atoms with Gasteiger partial charge in [-0.2, -0.15) is 18.3 Å². The van der Waals surface area contributed by atoms with Crippen molar-refractivity contribution in [3.63, 3.8) is 0 Å². The van der Waals surface area contributed by atoms with Crippen molar-refractivity contribution >= 4 is 11.6 Å². The molecule has 1 atom stereocenters. The molecule has 4 rings (SSSR count). The monoisotopic (exact) mass is 413 g/mol. The van der Waals surface area contributed by atoms with Crippen LogP contribution in [0.3, 0.4) is 0 Å². The Kier molecular flexibility index (Phi) is 4.72. The van der Waals surface area contributed by atoms with E-state index in [1.165, 1.54) is 27.8 Å². The van der Waals surface area contributed by atoms with E-state index in [4.69, 9.17) is 0 Å². The third-order valence-corrected chi connectivity index (χ3v) is 5.15. The topological polar surface area (TPSA) is 55.2 Å². The number of carbonyl (C=O) groups is 1. The number of aryl methyl sites for hydroxylation is 1. The Balaban J connectivity index is 1.80. The van der Waals surface area contributed by atoms with Gasteiger partial charge in [-0.25, -0.2) is 4.68 Å². The second-order valence-corrected chi connectivity index (χ2v) is 7.32. The van der Waals surface area contributed by atoms with Crippen LogP contribution in [0, 0.1) is 6.92 Å². The summed E-state index contributed by atoms with van der Waals surface area (Å²) in [6.07, 6.45) is -3.87. The van der Waals surface area contributed by atoms with Crippen LogP contribution in [0.2, 0.25) is 0 Å². The first kappa shape index (κ1) is 19.9. The van der Waals surface area contributed by atoms with Gasteiger partial charge in [0, 0.05) is 23.5 Å². The van der Waals surface area contributed by atoms with Crippen LogP contribution in [-0.2, 0) is 12.6 Å². The Labute approximate surface area is 170 Å². The van der Waals surface area contributed by atoms with Crippen molar-refractivity contribution in [1.29, 1.82) is 0 Å². The van der Waals surface area contributed by atoms with Gasteiger partial charge in [0.1, 0.15) is 0 Å². The Morgan fingerprint density at radius 3 is 2.57 bits per heavy atom. The molecule has 0 aliphatic carbocycles. The number of alkyl halides is 3. The third-order valence-electron chi connectivity index (χ3n) is 5.15. The Bertz CT molecular complexity index is 1200. The van der Waals surface area contributed by atoms with Crippen LogP contribution < -0.4 is 10.3 Å². The Morgan fingerprint density at radius 1 is 1.10 bits per heavy atom. The molecule has 2 heterocycles. The number of rotatable bonds is 2. The second-order valence-electron chi connectivity index (χ2n) is 7.32. The molecule has 0 radical (unpaired) electrons. The fraction of sp³-hybridized carbons (Fsp3) is 0.227. The first-order valence-electron chi connectivity index (χ1n) is 9.37. The van der Waals surface area contributed by atoms with Gasteiger partial charge in [-0.1, -0.05) is 24.3 Å². The first-order chi connectivity index (χ1) is 14.2. The number of carbonyl (C=O) groups excluding carboxylic acids is 1. The molecular formula is C22H18F3N3O2. The van der Waals surface area contributed by atoms with E-state index >= 15 is 0 Å². The average molecular weight is 413 g/mol. The number of amides is 1. The van der Waals surface area contributed by atoms with Crippen molar-refractivity contribution in [2.75, 3.05) is 4.90 Å². The molecule has 1 aliphatic heterocycles. The molecule has 1 amide bonds. The van der Waals surface area contributed by atoms with Crippen molar-refractivity contribution in [1.82, 2.24) is 9.78 Å². The minimum atomic E-state index is -4.52. The molecule has 154 valence electrons. The lowest BCUT2D eigenvalue weighted by Gasteiger charge is -2.22. The van der Waals surface area contributed by atoms with Gasteiger partial charge < -0.3 is 4.90 Å². The minimum absolute atomic E-state index is 0.117. The van der Waals surface area contributed by atoms with Gasteiger partial charge in [0.25, 0.3) is 5.91 Å². The predicted molar refractivity (Wildman–Crippen MR) is 106 cm³/mol. The number of hydrogen-bond acceptors (Lipinski definition) is 3. The maximum absolute atomic E-state index is 13.2. The maximum atomic E-state index is 13.2. The SMILES string of the molecule is Cc1cc(=O)c(C(=O)N2c3ccccc3CC2C)nn1-c1cccc(C(F)(F)F)c1. The van der Waals surface area contributed by atoms with Crippen molar-refractivity contribution in [3.05, 3.63) is 87.3 Å². The molecule has 0 bridgehead atoms. The van der Waals surface area contributed by atoms with E-state index in [1.54, 1.807) is 19.1 Å². The molecule has 0 saturated heterocycles. The van der Waals surface area contributed by atoms with Gasteiger partial charge in [0.15, 0.2) is 5.69 Å². The highest BCUT2D eigenvalue weighted by molar-refractivity contribution is 6.06. The van der Waals surface area contributed by atoms with E-state index in [-0.39, 0.29) is 17.4 Å². The van der Waals surface area contributed by atoms with Gasteiger partial charge >= 0.3 is 6.18 Å². The standard InChI is InChI=1S/C22H18F3N3O2/c1-13-10-15-6-3-4-9-18(15)27(13)21(30)20-19(29)11-14(2)28(26-20)17-8-5-7-16(12-17)22(23,24)25/h3-9,11-13H,10H2,1-2H3. The predicted octanol–water partition coefficient (Wildman–Crippen LogP) is 4.15. The lowest BCUT2D eigenvalue weighted by Crippen LogP contribution is -2.39. The molecule has 8 heteroatoms. The molecule has 1 unspecified atom stereocenters. The van der Waals surface area contributed by atoms with Crippen LogP contribution in [0.1, 0.15) is 34.2 Å². The van der Waals surface area contributed by atoms with Crippen LogP contribution in [0.4, 0.5) is 18.9 Å². The number of fused-ring (bicyclic) bond motifs is 1. The molecule has 0 saturated carbocycles. The minimum Gasteiger partial charge on any atom is -0.303 e. The number of halogens is 3. The van der Waals surface area contributed by atoms with E-state index in [1.807, 2.05) is 19.1 Å². The highest BCUT2D eigenvalue weighted by Gasteiger charge is 2.34. The number of nitrogens with zero attached hydrogens (tertiary/aromatic N) is 3. The molecule has 1 aliphatic rings. The molecular weight excluding hydrogens is 395 g/mol.